The summed E-state index contributed by atoms with van der Waals surface area (Å²) in [5.41, 5.74) is 0. The third-order valence-electron chi connectivity index (χ3n) is 0.464. The maximum Gasteiger partial charge on any atom is 0.303 e. The van der Waals surface area contributed by atoms with E-state index in [1.54, 1.807) is 0 Å². The first-order chi connectivity index (χ1) is 4.18. The Labute approximate surface area is 64.8 Å². The molecule has 0 spiro atoms. The minimum absolute atomic E-state index is 0.194. The zero-order chi connectivity index (χ0) is 7.70. The SMILES string of the molecule is CCCC(=O)O.ClCCl. The first-order valence-electron chi connectivity index (χ1n) is 2.52. The highest BCUT2D eigenvalue weighted by atomic mass is 35.5. The van der Waals surface area contributed by atoms with Crippen LogP contribution >= 0.6 is 23.2 Å². The molecular weight excluding hydrogens is 163 g/mol. The molecule has 0 amide bonds. The molecule has 0 aromatic heterocycles. The number of carboxylic acid groups (broad SMARTS) is 1. The van der Waals surface area contributed by atoms with E-state index in [2.05, 4.69) is 0 Å². The fourth-order valence-corrected chi connectivity index (χ4v) is 0.214. The topological polar surface area (TPSA) is 37.3 Å². The van der Waals surface area contributed by atoms with Crippen LogP contribution in [0.5, 0.6) is 0 Å². The summed E-state index contributed by atoms with van der Waals surface area (Å²) in [5.74, 6) is -0.711. The molecule has 0 aliphatic rings. The quantitative estimate of drug-likeness (QED) is 0.650. The molecular formula is C5H10Cl2O2. The van der Waals surface area contributed by atoms with Gasteiger partial charge in [0, 0.05) is 6.42 Å². The molecule has 1 N–H and O–H groups in total. The van der Waals surface area contributed by atoms with Gasteiger partial charge >= 0.3 is 5.97 Å². The van der Waals surface area contributed by atoms with Gasteiger partial charge in [0.2, 0.25) is 0 Å². The number of aliphatic carboxylic acids is 1. The number of hydrogen-bond acceptors (Lipinski definition) is 1. The predicted molar refractivity (Wildman–Crippen MR) is 39.1 cm³/mol. The second-order valence-electron chi connectivity index (χ2n) is 1.24. The maximum atomic E-state index is 9.60. The molecule has 0 aliphatic carbocycles. The summed E-state index contributed by atoms with van der Waals surface area (Å²) < 4.78 is 0. The zero-order valence-corrected chi connectivity index (χ0v) is 6.74. The van der Waals surface area contributed by atoms with Crippen molar-refractivity contribution in [3.05, 3.63) is 0 Å². The Morgan fingerprint density at radius 1 is 1.56 bits per heavy atom. The van der Waals surface area contributed by atoms with Crippen molar-refractivity contribution < 1.29 is 9.90 Å². The van der Waals surface area contributed by atoms with Crippen molar-refractivity contribution in [1.29, 1.82) is 0 Å². The van der Waals surface area contributed by atoms with E-state index in [-0.39, 0.29) is 5.34 Å². The molecule has 0 aliphatic heterocycles. The molecule has 0 radical (unpaired) electrons. The van der Waals surface area contributed by atoms with Crippen LogP contribution in [0.1, 0.15) is 19.8 Å². The predicted octanol–water partition coefficient (Wildman–Crippen LogP) is 2.29. The van der Waals surface area contributed by atoms with Gasteiger partial charge in [-0.25, -0.2) is 0 Å². The molecule has 0 unspecified atom stereocenters. The Kier molecular flexibility index (Phi) is 14.3. The monoisotopic (exact) mass is 172 g/mol. The smallest absolute Gasteiger partial charge is 0.303 e. The van der Waals surface area contributed by atoms with E-state index in [1.165, 1.54) is 0 Å². The van der Waals surface area contributed by atoms with Crippen LogP contribution in [0.25, 0.3) is 0 Å². The second kappa shape index (κ2) is 10.9. The lowest BCUT2D eigenvalue weighted by Gasteiger charge is -1.79. The molecule has 56 valence electrons. The van der Waals surface area contributed by atoms with E-state index >= 15 is 0 Å². The zero-order valence-electron chi connectivity index (χ0n) is 5.23. The van der Waals surface area contributed by atoms with E-state index in [0.29, 0.717) is 6.42 Å². The standard InChI is InChI=1S/C4H8O2.CH2Cl2/c1-2-3-4(5)6;2-1-3/h2-3H2,1H3,(H,5,6);1H2. The van der Waals surface area contributed by atoms with Crippen LogP contribution in [0.4, 0.5) is 0 Å². The lowest BCUT2D eigenvalue weighted by molar-refractivity contribution is -0.137. The summed E-state index contributed by atoms with van der Waals surface area (Å²) in [6.45, 7) is 1.84. The highest BCUT2D eigenvalue weighted by molar-refractivity contribution is 6.40. The van der Waals surface area contributed by atoms with Gasteiger partial charge in [-0.15, -0.1) is 23.2 Å². The second-order valence-corrected chi connectivity index (χ2v) is 2.05. The number of carboxylic acids is 1. The van der Waals surface area contributed by atoms with Crippen molar-refractivity contribution in [3.63, 3.8) is 0 Å². The maximum absolute atomic E-state index is 9.60. The van der Waals surface area contributed by atoms with Crippen LogP contribution in [-0.4, -0.2) is 16.4 Å². The Morgan fingerprint density at radius 2 is 1.89 bits per heavy atom. The van der Waals surface area contributed by atoms with Gasteiger partial charge in [0.1, 0.15) is 0 Å². The lowest BCUT2D eigenvalue weighted by atomic mass is 10.4. The molecule has 0 bridgehead atoms. The van der Waals surface area contributed by atoms with Crippen molar-refractivity contribution in [1.82, 2.24) is 0 Å². The molecule has 0 aromatic carbocycles. The van der Waals surface area contributed by atoms with Gasteiger partial charge in [-0.1, -0.05) is 6.92 Å². The average Bonchev–Trinajstić information content (AvgIpc) is 1.67. The number of alkyl halides is 2. The third-order valence-corrected chi connectivity index (χ3v) is 0.464. The molecule has 2 nitrogen and oxygen atoms in total. The van der Waals surface area contributed by atoms with Gasteiger partial charge in [0.05, 0.1) is 5.34 Å². The Bertz CT molecular complexity index is 66.0. The Hall–Kier alpha value is 0.0500. The molecule has 9 heavy (non-hydrogen) atoms. The van der Waals surface area contributed by atoms with Gasteiger partial charge in [-0.2, -0.15) is 0 Å². The Balaban J connectivity index is 0. The van der Waals surface area contributed by atoms with Gasteiger partial charge in [-0.05, 0) is 6.42 Å². The lowest BCUT2D eigenvalue weighted by Crippen LogP contribution is -1.90. The molecule has 4 heteroatoms. The summed E-state index contributed by atoms with van der Waals surface area (Å²) >= 11 is 9.53. The molecule has 0 saturated carbocycles. The third kappa shape index (κ3) is 31.7. The summed E-state index contributed by atoms with van der Waals surface area (Å²) in [7, 11) is 0. The van der Waals surface area contributed by atoms with E-state index in [9.17, 15) is 4.79 Å². The molecule has 0 aromatic rings. The summed E-state index contributed by atoms with van der Waals surface area (Å²) in [6.07, 6.45) is 1.02. The van der Waals surface area contributed by atoms with Crippen LogP contribution in [0.2, 0.25) is 0 Å². The van der Waals surface area contributed by atoms with E-state index < -0.39 is 5.97 Å². The van der Waals surface area contributed by atoms with Crippen LogP contribution in [0.15, 0.2) is 0 Å². The van der Waals surface area contributed by atoms with Crippen molar-refractivity contribution >= 4 is 29.2 Å². The van der Waals surface area contributed by atoms with Crippen molar-refractivity contribution in [2.24, 2.45) is 0 Å². The van der Waals surface area contributed by atoms with Crippen LogP contribution in [-0.2, 0) is 4.79 Å². The van der Waals surface area contributed by atoms with Gasteiger partial charge in [-0.3, -0.25) is 4.79 Å². The fourth-order valence-electron chi connectivity index (χ4n) is 0.214. The van der Waals surface area contributed by atoms with Crippen LogP contribution in [0, 0.1) is 0 Å². The molecule has 0 atom stereocenters. The first-order valence-corrected chi connectivity index (χ1v) is 3.59. The van der Waals surface area contributed by atoms with Crippen LogP contribution in [0.3, 0.4) is 0 Å². The van der Waals surface area contributed by atoms with Crippen molar-refractivity contribution in [3.8, 4) is 0 Å². The van der Waals surface area contributed by atoms with Crippen molar-refractivity contribution in [2.75, 3.05) is 5.34 Å². The molecule has 0 saturated heterocycles. The number of hydrogen-bond donors (Lipinski definition) is 1. The highest BCUT2D eigenvalue weighted by Gasteiger charge is 1.87. The summed E-state index contributed by atoms with van der Waals surface area (Å²) in [6, 6.07) is 0. The minimum atomic E-state index is -0.711. The molecule has 0 fully saturated rings. The number of carbonyl (C=O) groups is 1. The van der Waals surface area contributed by atoms with Crippen molar-refractivity contribution in [2.45, 2.75) is 19.8 Å². The van der Waals surface area contributed by atoms with Gasteiger partial charge < -0.3 is 5.11 Å². The van der Waals surface area contributed by atoms with E-state index in [1.807, 2.05) is 6.92 Å². The number of rotatable bonds is 2. The largest absolute Gasteiger partial charge is 0.481 e. The first kappa shape index (κ1) is 11.8. The molecule has 0 rings (SSSR count). The number of halogens is 2. The van der Waals surface area contributed by atoms with Crippen LogP contribution < -0.4 is 0 Å². The van der Waals surface area contributed by atoms with Gasteiger partial charge in [0.25, 0.3) is 0 Å². The fraction of sp³-hybridized carbons (Fsp3) is 0.800. The normalized spacial score (nSPS) is 7.44. The Morgan fingerprint density at radius 3 is 1.89 bits per heavy atom. The van der Waals surface area contributed by atoms with Gasteiger partial charge in [0.15, 0.2) is 0 Å². The summed E-state index contributed by atoms with van der Waals surface area (Å²) in [5, 5.41) is 8.11. The summed E-state index contributed by atoms with van der Waals surface area (Å²) in [4.78, 5) is 9.60. The van der Waals surface area contributed by atoms with E-state index in [0.717, 1.165) is 6.42 Å². The average molecular weight is 173 g/mol. The highest BCUT2D eigenvalue weighted by Crippen LogP contribution is 1.82. The minimum Gasteiger partial charge on any atom is -0.481 e. The van der Waals surface area contributed by atoms with E-state index in [4.69, 9.17) is 28.3 Å². The molecule has 0 heterocycles.